The number of hydrogen-bond donors (Lipinski definition) is 0. The molecule has 5 heteroatoms. The van der Waals surface area contributed by atoms with Gasteiger partial charge in [0.15, 0.2) is 0 Å². The lowest BCUT2D eigenvalue weighted by molar-refractivity contribution is 0.123. The molecule has 2 rings (SSSR count). The Morgan fingerprint density at radius 3 is 2.32 bits per heavy atom. The lowest BCUT2D eigenvalue weighted by Crippen LogP contribution is -2.27. The summed E-state index contributed by atoms with van der Waals surface area (Å²) in [5.41, 5.74) is 0.845. The molecule has 0 saturated carbocycles. The van der Waals surface area contributed by atoms with Crippen molar-refractivity contribution >= 4 is 5.70 Å². The van der Waals surface area contributed by atoms with Crippen LogP contribution in [0.15, 0.2) is 48.7 Å². The van der Waals surface area contributed by atoms with Gasteiger partial charge in [-0.25, -0.2) is 17.6 Å². The van der Waals surface area contributed by atoms with Gasteiger partial charge in [0.25, 0.3) is 6.43 Å². The van der Waals surface area contributed by atoms with Crippen LogP contribution < -0.4 is 0 Å². The van der Waals surface area contributed by atoms with E-state index in [4.69, 9.17) is 0 Å². The van der Waals surface area contributed by atoms with Gasteiger partial charge in [-0.15, -0.1) is 0 Å². The molecule has 0 unspecified atom stereocenters. The van der Waals surface area contributed by atoms with Gasteiger partial charge in [-0.05, 0) is 24.3 Å². The molecule has 0 atom stereocenters. The normalized spacial score (nSPS) is 15.1. The van der Waals surface area contributed by atoms with E-state index in [-0.39, 0.29) is 5.56 Å². The molecule has 0 saturated heterocycles. The Bertz CT molecular complexity index is 540. The highest BCUT2D eigenvalue weighted by molar-refractivity contribution is 5.69. The molecule has 0 fully saturated rings. The second-order valence-electron chi connectivity index (χ2n) is 4.06. The zero-order valence-electron chi connectivity index (χ0n) is 9.91. The molecule has 0 N–H and O–H groups in total. The summed E-state index contributed by atoms with van der Waals surface area (Å²) in [6, 6.07) is 2.93. The summed E-state index contributed by atoms with van der Waals surface area (Å²) >= 11 is 0. The molecule has 0 bridgehead atoms. The van der Waals surface area contributed by atoms with Gasteiger partial charge in [0.05, 0.1) is 6.54 Å². The summed E-state index contributed by atoms with van der Waals surface area (Å²) < 4.78 is 51.5. The Kier molecular flexibility index (Phi) is 3.74. The van der Waals surface area contributed by atoms with Crippen molar-refractivity contribution in [1.29, 1.82) is 0 Å². The molecule has 0 amide bonds. The number of rotatable bonds is 3. The number of benzene rings is 1. The van der Waals surface area contributed by atoms with Crippen molar-refractivity contribution in [2.45, 2.75) is 6.43 Å². The van der Waals surface area contributed by atoms with E-state index in [1.807, 2.05) is 0 Å². The molecule has 0 aliphatic carbocycles. The van der Waals surface area contributed by atoms with Crippen molar-refractivity contribution in [3.05, 3.63) is 65.9 Å². The van der Waals surface area contributed by atoms with E-state index in [2.05, 4.69) is 6.58 Å². The molecule has 0 spiro atoms. The van der Waals surface area contributed by atoms with E-state index >= 15 is 0 Å². The fourth-order valence-electron chi connectivity index (χ4n) is 1.89. The lowest BCUT2D eigenvalue weighted by Gasteiger charge is -2.29. The van der Waals surface area contributed by atoms with Crippen molar-refractivity contribution in [2.75, 3.05) is 6.54 Å². The zero-order valence-corrected chi connectivity index (χ0v) is 9.91. The minimum Gasteiger partial charge on any atom is -0.336 e. The van der Waals surface area contributed by atoms with Crippen LogP contribution >= 0.6 is 0 Å². The second kappa shape index (κ2) is 5.30. The monoisotopic (exact) mass is 269 g/mol. The quantitative estimate of drug-likeness (QED) is 0.751. The predicted molar refractivity (Wildman–Crippen MR) is 65.3 cm³/mol. The minimum atomic E-state index is -2.58. The van der Waals surface area contributed by atoms with Gasteiger partial charge in [0.1, 0.15) is 11.6 Å². The van der Waals surface area contributed by atoms with Crippen LogP contribution in [0.2, 0.25) is 0 Å². The first-order valence-electron chi connectivity index (χ1n) is 5.57. The number of halogens is 4. The summed E-state index contributed by atoms with van der Waals surface area (Å²) in [6.07, 6.45) is 2.10. The Labute approximate surface area is 108 Å². The number of alkyl halides is 2. The van der Waals surface area contributed by atoms with E-state index in [9.17, 15) is 17.6 Å². The maximum Gasteiger partial charge on any atom is 0.256 e. The molecule has 0 aromatic heterocycles. The van der Waals surface area contributed by atoms with Crippen molar-refractivity contribution < 1.29 is 17.6 Å². The largest absolute Gasteiger partial charge is 0.336 e. The van der Waals surface area contributed by atoms with Gasteiger partial charge in [-0.3, -0.25) is 0 Å². The van der Waals surface area contributed by atoms with Crippen molar-refractivity contribution in [1.82, 2.24) is 4.90 Å². The van der Waals surface area contributed by atoms with Crippen LogP contribution in [0.4, 0.5) is 17.6 Å². The molecule has 1 aromatic carbocycles. The zero-order chi connectivity index (χ0) is 14.0. The molecule has 1 nitrogen and oxygen atoms in total. The second-order valence-corrected chi connectivity index (χ2v) is 4.06. The average molecular weight is 269 g/mol. The Balaban J connectivity index is 2.42. The fraction of sp³-hybridized carbons (Fsp3) is 0.143. The lowest BCUT2D eigenvalue weighted by atomic mass is 10.1. The predicted octanol–water partition coefficient (Wildman–Crippen LogP) is 3.96. The van der Waals surface area contributed by atoms with Crippen LogP contribution in [0.3, 0.4) is 0 Å². The molecule has 100 valence electrons. The van der Waals surface area contributed by atoms with Gasteiger partial charge in [-0.1, -0.05) is 12.7 Å². The molecule has 1 aromatic rings. The smallest absolute Gasteiger partial charge is 0.256 e. The Morgan fingerprint density at radius 2 is 1.74 bits per heavy atom. The van der Waals surface area contributed by atoms with Crippen LogP contribution in [-0.4, -0.2) is 17.9 Å². The maximum absolute atomic E-state index is 13.2. The highest BCUT2D eigenvalue weighted by Gasteiger charge is 2.20. The number of nitrogens with zero attached hydrogens (tertiary/aromatic N) is 1. The molecular formula is C14H11F4N. The Hall–Kier alpha value is -2.04. The number of allylic oxidation sites excluding steroid dienone is 3. The summed E-state index contributed by atoms with van der Waals surface area (Å²) in [7, 11) is 0. The van der Waals surface area contributed by atoms with Crippen molar-refractivity contribution in [3.8, 4) is 0 Å². The van der Waals surface area contributed by atoms with Crippen LogP contribution in [0.1, 0.15) is 5.56 Å². The van der Waals surface area contributed by atoms with Crippen molar-refractivity contribution in [2.24, 2.45) is 0 Å². The first-order chi connectivity index (χ1) is 8.97. The van der Waals surface area contributed by atoms with Crippen molar-refractivity contribution in [3.63, 3.8) is 0 Å². The van der Waals surface area contributed by atoms with Crippen LogP contribution in [0.25, 0.3) is 5.70 Å². The van der Waals surface area contributed by atoms with Gasteiger partial charge < -0.3 is 4.90 Å². The first kappa shape index (κ1) is 13.4. The van der Waals surface area contributed by atoms with E-state index in [1.165, 1.54) is 11.0 Å². The van der Waals surface area contributed by atoms with E-state index in [0.29, 0.717) is 11.4 Å². The van der Waals surface area contributed by atoms with Crippen LogP contribution in [0, 0.1) is 11.6 Å². The van der Waals surface area contributed by atoms with Gasteiger partial charge in [0, 0.05) is 23.0 Å². The highest BCUT2D eigenvalue weighted by atomic mass is 19.3. The summed E-state index contributed by atoms with van der Waals surface area (Å²) in [6.45, 7) is 3.07. The summed E-state index contributed by atoms with van der Waals surface area (Å²) in [5, 5.41) is 0. The molecule has 1 heterocycles. The van der Waals surface area contributed by atoms with E-state index < -0.39 is 24.6 Å². The van der Waals surface area contributed by atoms with Gasteiger partial charge >= 0.3 is 0 Å². The standard InChI is InChI=1S/C14H11F4N/c1-9-3-2-4-13(19(9)8-14(17)18)10-5-11(15)7-12(16)6-10/h2-7,14H,1,8H2. The molecule has 0 radical (unpaired) electrons. The van der Waals surface area contributed by atoms with E-state index in [0.717, 1.165) is 18.2 Å². The molecule has 1 aliphatic heterocycles. The highest BCUT2D eigenvalue weighted by Crippen LogP contribution is 2.28. The summed E-state index contributed by atoms with van der Waals surface area (Å²) in [4.78, 5) is 1.23. The number of hydrogen-bond acceptors (Lipinski definition) is 1. The maximum atomic E-state index is 13.2. The summed E-state index contributed by atoms with van der Waals surface area (Å²) in [5.74, 6) is -1.51. The van der Waals surface area contributed by atoms with Gasteiger partial charge in [-0.2, -0.15) is 0 Å². The van der Waals surface area contributed by atoms with Gasteiger partial charge in [0.2, 0.25) is 0 Å². The average Bonchev–Trinajstić information content (AvgIpc) is 2.30. The third-order valence-corrected chi connectivity index (χ3v) is 2.66. The molecular weight excluding hydrogens is 258 g/mol. The third-order valence-electron chi connectivity index (χ3n) is 2.66. The van der Waals surface area contributed by atoms with Crippen LogP contribution in [-0.2, 0) is 0 Å². The third kappa shape index (κ3) is 3.05. The SMILES string of the molecule is C=C1C=CC=C(c2cc(F)cc(F)c2)N1CC(F)F. The first-order valence-corrected chi connectivity index (χ1v) is 5.57. The topological polar surface area (TPSA) is 3.24 Å². The Morgan fingerprint density at radius 1 is 1.11 bits per heavy atom. The minimum absolute atomic E-state index is 0.198. The van der Waals surface area contributed by atoms with Crippen LogP contribution in [0.5, 0.6) is 0 Å². The van der Waals surface area contributed by atoms with E-state index in [1.54, 1.807) is 12.2 Å². The molecule has 1 aliphatic rings. The fourth-order valence-corrected chi connectivity index (χ4v) is 1.89. The molecule has 19 heavy (non-hydrogen) atoms.